The van der Waals surface area contributed by atoms with E-state index in [2.05, 4.69) is 0 Å². The first-order chi connectivity index (χ1) is 12.5. The minimum absolute atomic E-state index is 0.00286. The molecule has 0 spiro atoms. The lowest BCUT2D eigenvalue weighted by Crippen LogP contribution is -2.42. The highest BCUT2D eigenvalue weighted by atomic mass is 32.2. The van der Waals surface area contributed by atoms with E-state index in [0.29, 0.717) is 18.5 Å². The monoisotopic (exact) mass is 405 g/mol. The Balaban J connectivity index is 2.07. The summed E-state index contributed by atoms with van der Waals surface area (Å²) in [6.45, 7) is 4.30. The predicted octanol–water partition coefficient (Wildman–Crippen LogP) is 4.01. The molecule has 2 atom stereocenters. The zero-order valence-electron chi connectivity index (χ0n) is 15.6. The van der Waals surface area contributed by atoms with Crippen LogP contribution in [0.25, 0.3) is 0 Å². The standard InChI is InChI=1S/C19H26F3NO3S/c1-3-4-10-23(17-9-11-27(25,26)13-17)18(24)12-14(2)15-5-7-16(8-6-15)19(20,21)22/h5-8,14,17H,3-4,9-13H2,1-2H3. The van der Waals surface area contributed by atoms with Gasteiger partial charge < -0.3 is 4.90 Å². The number of carbonyl (C=O) groups excluding carboxylic acids is 1. The summed E-state index contributed by atoms with van der Waals surface area (Å²) in [4.78, 5) is 14.5. The number of hydrogen-bond acceptors (Lipinski definition) is 3. The third-order valence-corrected chi connectivity index (χ3v) is 6.76. The second kappa shape index (κ2) is 8.63. The van der Waals surface area contributed by atoms with Crippen LogP contribution in [-0.4, -0.2) is 43.3 Å². The van der Waals surface area contributed by atoms with Gasteiger partial charge in [0.25, 0.3) is 0 Å². The van der Waals surface area contributed by atoms with E-state index in [9.17, 15) is 26.4 Å². The largest absolute Gasteiger partial charge is 0.416 e. The first-order valence-corrected chi connectivity index (χ1v) is 11.0. The maximum Gasteiger partial charge on any atom is 0.416 e. The van der Waals surface area contributed by atoms with Crippen molar-refractivity contribution in [2.24, 2.45) is 0 Å². The van der Waals surface area contributed by atoms with Crippen molar-refractivity contribution in [1.82, 2.24) is 4.90 Å². The van der Waals surface area contributed by atoms with Gasteiger partial charge in [0, 0.05) is 19.0 Å². The van der Waals surface area contributed by atoms with Gasteiger partial charge in [-0.05, 0) is 36.5 Å². The molecule has 1 aliphatic rings. The van der Waals surface area contributed by atoms with Crippen LogP contribution in [0.4, 0.5) is 13.2 Å². The quantitative estimate of drug-likeness (QED) is 0.689. The number of nitrogens with zero attached hydrogens (tertiary/aromatic N) is 1. The Hall–Kier alpha value is -1.57. The van der Waals surface area contributed by atoms with E-state index >= 15 is 0 Å². The van der Waals surface area contributed by atoms with Crippen molar-refractivity contribution in [1.29, 1.82) is 0 Å². The lowest BCUT2D eigenvalue weighted by molar-refractivity contribution is -0.137. The number of halogens is 3. The SMILES string of the molecule is CCCCN(C(=O)CC(C)c1ccc(C(F)(F)F)cc1)C1CCS(=O)(=O)C1. The van der Waals surface area contributed by atoms with E-state index in [1.807, 2.05) is 6.92 Å². The molecule has 8 heteroatoms. The zero-order chi connectivity index (χ0) is 20.2. The van der Waals surface area contributed by atoms with E-state index in [1.165, 1.54) is 12.1 Å². The number of unbranched alkanes of at least 4 members (excludes halogenated alkanes) is 1. The first kappa shape index (κ1) is 21.7. The van der Waals surface area contributed by atoms with Gasteiger partial charge in [-0.1, -0.05) is 32.4 Å². The molecule has 1 amide bonds. The fourth-order valence-electron chi connectivity index (χ4n) is 3.36. The number of amides is 1. The van der Waals surface area contributed by atoms with Gasteiger partial charge in [0.1, 0.15) is 0 Å². The number of sulfone groups is 1. The number of rotatable bonds is 7. The number of benzene rings is 1. The van der Waals surface area contributed by atoms with Crippen LogP contribution in [0.3, 0.4) is 0 Å². The Bertz CT molecular complexity index is 744. The summed E-state index contributed by atoms with van der Waals surface area (Å²) < 4.78 is 61.6. The third-order valence-electron chi connectivity index (χ3n) is 5.01. The van der Waals surface area contributed by atoms with Gasteiger partial charge in [0.15, 0.2) is 9.84 Å². The summed E-state index contributed by atoms with van der Waals surface area (Å²) in [6, 6.07) is 4.55. The normalized spacial score (nSPS) is 20.4. The highest BCUT2D eigenvalue weighted by Crippen LogP contribution is 2.31. The van der Waals surface area contributed by atoms with Crippen molar-refractivity contribution in [3.8, 4) is 0 Å². The van der Waals surface area contributed by atoms with Crippen LogP contribution >= 0.6 is 0 Å². The summed E-state index contributed by atoms with van der Waals surface area (Å²) >= 11 is 0. The molecular formula is C19H26F3NO3S. The average molecular weight is 405 g/mol. The van der Waals surface area contributed by atoms with Gasteiger partial charge in [-0.15, -0.1) is 0 Å². The van der Waals surface area contributed by atoms with Crippen molar-refractivity contribution in [2.75, 3.05) is 18.1 Å². The fraction of sp³-hybridized carbons (Fsp3) is 0.632. The molecule has 1 saturated heterocycles. The highest BCUT2D eigenvalue weighted by molar-refractivity contribution is 7.91. The Kier molecular flexibility index (Phi) is 6.94. The minimum Gasteiger partial charge on any atom is -0.339 e. The number of carbonyl (C=O) groups is 1. The van der Waals surface area contributed by atoms with Gasteiger partial charge in [-0.2, -0.15) is 13.2 Å². The van der Waals surface area contributed by atoms with E-state index < -0.39 is 21.6 Å². The Morgan fingerprint density at radius 2 is 1.89 bits per heavy atom. The van der Waals surface area contributed by atoms with Gasteiger partial charge in [0.05, 0.1) is 17.1 Å². The molecule has 1 aromatic rings. The minimum atomic E-state index is -4.39. The Labute approximate surface area is 158 Å². The van der Waals surface area contributed by atoms with E-state index in [-0.39, 0.29) is 35.8 Å². The van der Waals surface area contributed by atoms with Crippen LogP contribution in [0, 0.1) is 0 Å². The van der Waals surface area contributed by atoms with Crippen LogP contribution in [0.15, 0.2) is 24.3 Å². The van der Waals surface area contributed by atoms with Gasteiger partial charge in [-0.3, -0.25) is 4.79 Å². The van der Waals surface area contributed by atoms with Gasteiger partial charge in [0.2, 0.25) is 5.91 Å². The fourth-order valence-corrected chi connectivity index (χ4v) is 5.09. The maximum absolute atomic E-state index is 12.8. The van der Waals surface area contributed by atoms with Crippen LogP contribution < -0.4 is 0 Å². The van der Waals surface area contributed by atoms with E-state index in [0.717, 1.165) is 25.0 Å². The lowest BCUT2D eigenvalue weighted by Gasteiger charge is -2.29. The molecule has 1 aliphatic heterocycles. The molecular weight excluding hydrogens is 379 g/mol. The molecule has 0 aliphatic carbocycles. The zero-order valence-corrected chi connectivity index (χ0v) is 16.4. The molecule has 1 aromatic carbocycles. The molecule has 2 rings (SSSR count). The smallest absolute Gasteiger partial charge is 0.339 e. The molecule has 0 radical (unpaired) electrons. The van der Waals surface area contributed by atoms with Crippen molar-refractivity contribution < 1.29 is 26.4 Å². The van der Waals surface area contributed by atoms with Crippen LogP contribution in [0.1, 0.15) is 56.6 Å². The molecule has 0 saturated carbocycles. The molecule has 27 heavy (non-hydrogen) atoms. The molecule has 1 heterocycles. The highest BCUT2D eigenvalue weighted by Gasteiger charge is 2.35. The average Bonchev–Trinajstić information content (AvgIpc) is 2.94. The first-order valence-electron chi connectivity index (χ1n) is 9.20. The second-order valence-electron chi connectivity index (χ2n) is 7.22. The van der Waals surface area contributed by atoms with Gasteiger partial charge in [-0.25, -0.2) is 8.42 Å². The Morgan fingerprint density at radius 3 is 2.37 bits per heavy atom. The van der Waals surface area contributed by atoms with Crippen LogP contribution in [0.5, 0.6) is 0 Å². The van der Waals surface area contributed by atoms with Gasteiger partial charge >= 0.3 is 6.18 Å². The molecule has 1 fully saturated rings. The predicted molar refractivity (Wildman–Crippen MR) is 98.2 cm³/mol. The lowest BCUT2D eigenvalue weighted by atomic mass is 9.95. The van der Waals surface area contributed by atoms with Crippen molar-refractivity contribution >= 4 is 15.7 Å². The molecule has 0 N–H and O–H groups in total. The molecule has 152 valence electrons. The Morgan fingerprint density at radius 1 is 1.26 bits per heavy atom. The summed E-state index contributed by atoms with van der Waals surface area (Å²) in [5.74, 6) is -0.293. The summed E-state index contributed by atoms with van der Waals surface area (Å²) in [5, 5.41) is 0. The summed E-state index contributed by atoms with van der Waals surface area (Å²) in [6.07, 6.45) is -2.12. The molecule has 4 nitrogen and oxygen atoms in total. The van der Waals surface area contributed by atoms with Crippen LogP contribution in [-0.2, 0) is 20.8 Å². The molecule has 0 aromatic heterocycles. The van der Waals surface area contributed by atoms with Crippen molar-refractivity contribution in [3.63, 3.8) is 0 Å². The number of hydrogen-bond donors (Lipinski definition) is 0. The molecule has 0 bridgehead atoms. The van der Waals surface area contributed by atoms with Crippen molar-refractivity contribution in [2.45, 2.75) is 57.7 Å². The molecule has 2 unspecified atom stereocenters. The topological polar surface area (TPSA) is 54.5 Å². The summed E-state index contributed by atoms with van der Waals surface area (Å²) in [7, 11) is -3.10. The van der Waals surface area contributed by atoms with Crippen molar-refractivity contribution in [3.05, 3.63) is 35.4 Å². The number of alkyl halides is 3. The van der Waals surface area contributed by atoms with Crippen LogP contribution in [0.2, 0.25) is 0 Å². The summed E-state index contributed by atoms with van der Waals surface area (Å²) in [5.41, 5.74) is -0.0589. The maximum atomic E-state index is 12.8. The van der Waals surface area contributed by atoms with E-state index in [4.69, 9.17) is 0 Å². The second-order valence-corrected chi connectivity index (χ2v) is 9.45. The third kappa shape index (κ3) is 5.96. The van der Waals surface area contributed by atoms with E-state index in [1.54, 1.807) is 11.8 Å².